The van der Waals surface area contributed by atoms with Gasteiger partial charge in [-0.25, -0.2) is 0 Å². The zero-order chi connectivity index (χ0) is 13.5. The molecule has 1 atom stereocenters. The van der Waals surface area contributed by atoms with E-state index in [0.717, 1.165) is 12.0 Å². The van der Waals surface area contributed by atoms with Crippen LogP contribution in [-0.4, -0.2) is 31.5 Å². The van der Waals surface area contributed by atoms with E-state index in [-0.39, 0.29) is 10.7 Å². The maximum atomic E-state index is 11.4. The third-order valence-electron chi connectivity index (χ3n) is 2.52. The molecule has 0 aliphatic carbocycles. The fourth-order valence-electron chi connectivity index (χ4n) is 1.51. The highest BCUT2D eigenvalue weighted by Crippen LogP contribution is 2.27. The van der Waals surface area contributed by atoms with Gasteiger partial charge >= 0.3 is 0 Å². The van der Waals surface area contributed by atoms with Crippen LogP contribution < -0.4 is 14.8 Å². The SMILES string of the molecule is COc1ccc(CCNC(=O)C(C)Br)cc1OC. The van der Waals surface area contributed by atoms with Crippen molar-refractivity contribution in [2.24, 2.45) is 0 Å². The molecule has 1 unspecified atom stereocenters. The van der Waals surface area contributed by atoms with Crippen LogP contribution in [0.5, 0.6) is 11.5 Å². The van der Waals surface area contributed by atoms with Gasteiger partial charge < -0.3 is 14.8 Å². The average Bonchev–Trinajstić information content (AvgIpc) is 2.38. The highest BCUT2D eigenvalue weighted by atomic mass is 79.9. The van der Waals surface area contributed by atoms with Gasteiger partial charge in [-0.1, -0.05) is 22.0 Å². The van der Waals surface area contributed by atoms with Crippen LogP contribution in [0.4, 0.5) is 0 Å². The Kier molecular flexibility index (Phi) is 5.98. The molecule has 5 heteroatoms. The minimum atomic E-state index is -0.164. The predicted molar refractivity (Wildman–Crippen MR) is 74.6 cm³/mol. The van der Waals surface area contributed by atoms with Crippen LogP contribution in [0, 0.1) is 0 Å². The van der Waals surface area contributed by atoms with Crippen molar-refractivity contribution in [1.82, 2.24) is 5.32 Å². The topological polar surface area (TPSA) is 47.6 Å². The molecule has 4 nitrogen and oxygen atoms in total. The lowest BCUT2D eigenvalue weighted by Gasteiger charge is -2.10. The summed E-state index contributed by atoms with van der Waals surface area (Å²) in [7, 11) is 3.21. The number of nitrogens with one attached hydrogen (secondary N) is 1. The Morgan fingerprint density at radius 1 is 1.33 bits per heavy atom. The first kappa shape index (κ1) is 14.8. The quantitative estimate of drug-likeness (QED) is 0.818. The Labute approximate surface area is 116 Å². The molecule has 0 fully saturated rings. The summed E-state index contributed by atoms with van der Waals surface area (Å²) in [6.45, 7) is 2.40. The monoisotopic (exact) mass is 315 g/mol. The summed E-state index contributed by atoms with van der Waals surface area (Å²) in [6.07, 6.45) is 0.756. The van der Waals surface area contributed by atoms with Gasteiger partial charge in [0.15, 0.2) is 11.5 Å². The van der Waals surface area contributed by atoms with Crippen molar-refractivity contribution in [3.05, 3.63) is 23.8 Å². The van der Waals surface area contributed by atoms with E-state index in [1.807, 2.05) is 18.2 Å². The normalized spacial score (nSPS) is 11.8. The van der Waals surface area contributed by atoms with E-state index in [9.17, 15) is 4.79 Å². The maximum Gasteiger partial charge on any atom is 0.233 e. The van der Waals surface area contributed by atoms with Gasteiger partial charge in [-0.3, -0.25) is 4.79 Å². The number of benzene rings is 1. The number of carbonyl (C=O) groups is 1. The number of halogens is 1. The van der Waals surface area contributed by atoms with Crippen molar-refractivity contribution in [1.29, 1.82) is 0 Å². The van der Waals surface area contributed by atoms with Crippen LogP contribution in [0.25, 0.3) is 0 Å². The number of hydrogen-bond acceptors (Lipinski definition) is 3. The Hall–Kier alpha value is -1.23. The van der Waals surface area contributed by atoms with E-state index in [4.69, 9.17) is 9.47 Å². The summed E-state index contributed by atoms with van der Waals surface area (Å²) < 4.78 is 10.4. The first-order valence-corrected chi connectivity index (χ1v) is 6.62. The molecule has 1 aromatic rings. The minimum Gasteiger partial charge on any atom is -0.493 e. The van der Waals surface area contributed by atoms with Crippen LogP contribution in [-0.2, 0) is 11.2 Å². The standard InChI is InChI=1S/C13H18BrNO3/c1-9(14)13(16)15-7-6-10-4-5-11(17-2)12(8-10)18-3/h4-5,8-9H,6-7H2,1-3H3,(H,15,16). The largest absolute Gasteiger partial charge is 0.493 e. The number of rotatable bonds is 6. The van der Waals surface area contributed by atoms with Gasteiger partial charge in [0, 0.05) is 6.54 Å². The molecule has 18 heavy (non-hydrogen) atoms. The molecule has 100 valence electrons. The number of ether oxygens (including phenoxy) is 2. The van der Waals surface area contributed by atoms with E-state index in [0.29, 0.717) is 18.0 Å². The van der Waals surface area contributed by atoms with Crippen molar-refractivity contribution < 1.29 is 14.3 Å². The predicted octanol–water partition coefficient (Wildman–Crippen LogP) is 2.15. The highest BCUT2D eigenvalue weighted by molar-refractivity contribution is 9.10. The third kappa shape index (κ3) is 4.22. The molecule has 0 aliphatic heterocycles. The van der Waals surface area contributed by atoms with Crippen molar-refractivity contribution in [3.63, 3.8) is 0 Å². The Morgan fingerprint density at radius 2 is 2.00 bits per heavy atom. The fourth-order valence-corrected chi connectivity index (χ4v) is 1.67. The molecule has 0 radical (unpaired) electrons. The van der Waals surface area contributed by atoms with Gasteiger partial charge in [0.1, 0.15) is 0 Å². The maximum absolute atomic E-state index is 11.4. The number of hydrogen-bond donors (Lipinski definition) is 1. The second kappa shape index (κ2) is 7.26. The summed E-state index contributed by atoms with van der Waals surface area (Å²) in [4.78, 5) is 11.2. The van der Waals surface area contributed by atoms with Crippen molar-refractivity contribution >= 4 is 21.8 Å². The van der Waals surface area contributed by atoms with Crippen LogP contribution in [0.15, 0.2) is 18.2 Å². The minimum absolute atomic E-state index is 0.00419. The van der Waals surface area contributed by atoms with Crippen LogP contribution >= 0.6 is 15.9 Å². The van der Waals surface area contributed by atoms with Crippen LogP contribution in [0.3, 0.4) is 0 Å². The third-order valence-corrected chi connectivity index (χ3v) is 2.94. The second-order valence-corrected chi connectivity index (χ2v) is 5.22. The molecule has 1 amide bonds. The molecule has 0 spiro atoms. The molecule has 0 aliphatic rings. The van der Waals surface area contributed by atoms with Gasteiger partial charge in [0.2, 0.25) is 5.91 Å². The zero-order valence-electron chi connectivity index (χ0n) is 10.8. The average molecular weight is 316 g/mol. The Morgan fingerprint density at radius 3 is 2.56 bits per heavy atom. The van der Waals surface area contributed by atoms with E-state index < -0.39 is 0 Å². The van der Waals surface area contributed by atoms with Gasteiger partial charge in [-0.15, -0.1) is 0 Å². The summed E-state index contributed by atoms with van der Waals surface area (Å²) >= 11 is 3.22. The first-order valence-electron chi connectivity index (χ1n) is 5.71. The summed E-state index contributed by atoms with van der Waals surface area (Å²) in [5.74, 6) is 1.41. The van der Waals surface area contributed by atoms with E-state index in [1.54, 1.807) is 21.1 Å². The molecular formula is C13H18BrNO3. The van der Waals surface area contributed by atoms with Crippen LogP contribution in [0.2, 0.25) is 0 Å². The smallest absolute Gasteiger partial charge is 0.233 e. The lowest BCUT2D eigenvalue weighted by atomic mass is 10.1. The van der Waals surface area contributed by atoms with E-state index in [2.05, 4.69) is 21.2 Å². The summed E-state index contributed by atoms with van der Waals surface area (Å²) in [5.41, 5.74) is 1.09. The Balaban J connectivity index is 2.55. The van der Waals surface area contributed by atoms with Gasteiger partial charge in [-0.2, -0.15) is 0 Å². The molecule has 0 bridgehead atoms. The van der Waals surface area contributed by atoms with E-state index >= 15 is 0 Å². The molecular weight excluding hydrogens is 298 g/mol. The molecule has 1 rings (SSSR count). The van der Waals surface area contributed by atoms with Gasteiger partial charge in [0.25, 0.3) is 0 Å². The number of methoxy groups -OCH3 is 2. The van der Waals surface area contributed by atoms with Crippen molar-refractivity contribution in [2.75, 3.05) is 20.8 Å². The molecule has 0 saturated carbocycles. The van der Waals surface area contributed by atoms with Crippen molar-refractivity contribution in [3.8, 4) is 11.5 Å². The summed E-state index contributed by atoms with van der Waals surface area (Å²) in [6, 6.07) is 5.75. The fraction of sp³-hybridized carbons (Fsp3) is 0.462. The van der Waals surface area contributed by atoms with Gasteiger partial charge in [0.05, 0.1) is 19.0 Å². The summed E-state index contributed by atoms with van der Waals surface area (Å²) in [5, 5.41) is 2.84. The Bertz CT molecular complexity index is 407. The van der Waals surface area contributed by atoms with Crippen molar-refractivity contribution in [2.45, 2.75) is 18.2 Å². The molecule has 0 aromatic heterocycles. The first-order chi connectivity index (χ1) is 8.58. The number of carbonyl (C=O) groups excluding carboxylic acids is 1. The molecule has 0 heterocycles. The lowest BCUT2D eigenvalue weighted by Crippen LogP contribution is -2.31. The zero-order valence-corrected chi connectivity index (χ0v) is 12.4. The highest BCUT2D eigenvalue weighted by Gasteiger charge is 2.08. The number of alkyl halides is 1. The van der Waals surface area contributed by atoms with Gasteiger partial charge in [-0.05, 0) is 31.0 Å². The molecule has 1 N–H and O–H groups in total. The van der Waals surface area contributed by atoms with E-state index in [1.165, 1.54) is 0 Å². The molecule has 1 aromatic carbocycles. The second-order valence-electron chi connectivity index (χ2n) is 3.85. The lowest BCUT2D eigenvalue weighted by molar-refractivity contribution is -0.120. The van der Waals surface area contributed by atoms with Crippen LogP contribution in [0.1, 0.15) is 12.5 Å². The molecule has 0 saturated heterocycles. The number of amides is 1.